The van der Waals surface area contributed by atoms with Crippen LogP contribution in [0.25, 0.3) is 10.2 Å². The molecule has 0 fully saturated rings. The average Bonchev–Trinajstić information content (AvgIpc) is 3.05. The minimum Gasteiger partial charge on any atom is -0.321 e. The number of carbonyl (C=O) groups is 1. The third-order valence-corrected chi connectivity index (χ3v) is 6.43. The highest BCUT2D eigenvalue weighted by Gasteiger charge is 2.20. The Morgan fingerprint density at radius 1 is 1.07 bits per heavy atom. The Bertz CT molecular complexity index is 1300. The van der Waals surface area contributed by atoms with Crippen molar-refractivity contribution in [1.82, 2.24) is 9.55 Å². The number of hydrogen-bond donors (Lipinski definition) is 1. The molecule has 0 aliphatic carbocycles. The molecule has 0 aliphatic rings. The van der Waals surface area contributed by atoms with Gasteiger partial charge < -0.3 is 5.32 Å². The van der Waals surface area contributed by atoms with Gasteiger partial charge in [0.25, 0.3) is 11.5 Å². The minimum atomic E-state index is -0.209. The number of nitrogens with zero attached hydrogens (tertiary/aromatic N) is 2. The summed E-state index contributed by atoms with van der Waals surface area (Å²) in [5.74, 6) is -0.209. The molecule has 6 heteroatoms. The van der Waals surface area contributed by atoms with Crippen molar-refractivity contribution in [3.63, 3.8) is 0 Å². The predicted molar refractivity (Wildman–Crippen MR) is 123 cm³/mol. The summed E-state index contributed by atoms with van der Waals surface area (Å²) in [6.07, 6.45) is 1.56. The van der Waals surface area contributed by atoms with Gasteiger partial charge in [0.15, 0.2) is 0 Å². The van der Waals surface area contributed by atoms with Gasteiger partial charge in [-0.05, 0) is 49.9 Å². The van der Waals surface area contributed by atoms with Crippen molar-refractivity contribution < 1.29 is 4.79 Å². The zero-order chi connectivity index (χ0) is 21.4. The smallest absolute Gasteiger partial charge is 0.266 e. The van der Waals surface area contributed by atoms with E-state index >= 15 is 0 Å². The molecule has 1 N–H and O–H groups in total. The molecular formula is C24H23N3O2S. The van der Waals surface area contributed by atoms with Gasteiger partial charge in [-0.2, -0.15) is 0 Å². The third-order valence-electron chi connectivity index (χ3n) is 5.23. The second-order valence-corrected chi connectivity index (χ2v) is 8.63. The Balaban J connectivity index is 1.71. The number of hydrogen-bond acceptors (Lipinski definition) is 4. The van der Waals surface area contributed by atoms with Crippen LogP contribution in [0.3, 0.4) is 0 Å². The second-order valence-electron chi connectivity index (χ2n) is 7.63. The SMILES string of the molecule is Cc1cc(C)c(NC(=O)c2sc3ncn(Cc4ccccc4)c(=O)c3c2C)c(C)c1. The van der Waals surface area contributed by atoms with E-state index in [4.69, 9.17) is 0 Å². The molecule has 4 aromatic rings. The van der Waals surface area contributed by atoms with E-state index in [2.05, 4.69) is 10.3 Å². The number of nitrogens with one attached hydrogen (secondary N) is 1. The molecule has 2 heterocycles. The van der Waals surface area contributed by atoms with Gasteiger partial charge in [-0.25, -0.2) is 4.98 Å². The molecule has 1 amide bonds. The maximum absolute atomic E-state index is 13.1. The third kappa shape index (κ3) is 3.66. The Morgan fingerprint density at radius 3 is 2.40 bits per heavy atom. The fraction of sp³-hybridized carbons (Fsp3) is 0.208. The minimum absolute atomic E-state index is 0.126. The van der Waals surface area contributed by atoms with Crippen molar-refractivity contribution in [1.29, 1.82) is 0 Å². The highest BCUT2D eigenvalue weighted by molar-refractivity contribution is 7.20. The van der Waals surface area contributed by atoms with E-state index in [0.717, 1.165) is 27.9 Å². The molecule has 30 heavy (non-hydrogen) atoms. The molecule has 0 saturated carbocycles. The number of carbonyl (C=O) groups excluding carboxylic acids is 1. The maximum Gasteiger partial charge on any atom is 0.266 e. The Labute approximate surface area is 179 Å². The first-order valence-electron chi connectivity index (χ1n) is 9.77. The zero-order valence-electron chi connectivity index (χ0n) is 17.4. The van der Waals surface area contributed by atoms with E-state index in [9.17, 15) is 9.59 Å². The van der Waals surface area contributed by atoms with Gasteiger partial charge in [0.2, 0.25) is 0 Å². The van der Waals surface area contributed by atoms with Crippen LogP contribution in [0, 0.1) is 27.7 Å². The van der Waals surface area contributed by atoms with Gasteiger partial charge in [0, 0.05) is 5.69 Å². The van der Waals surface area contributed by atoms with Crippen LogP contribution in [0.5, 0.6) is 0 Å². The van der Waals surface area contributed by atoms with Crippen LogP contribution in [0.4, 0.5) is 5.69 Å². The van der Waals surface area contributed by atoms with Crippen LogP contribution in [0.15, 0.2) is 53.6 Å². The number of thiophene rings is 1. The van der Waals surface area contributed by atoms with Crippen LogP contribution >= 0.6 is 11.3 Å². The molecular weight excluding hydrogens is 394 g/mol. The summed E-state index contributed by atoms with van der Waals surface area (Å²) in [6, 6.07) is 13.9. The van der Waals surface area contributed by atoms with Crippen LogP contribution in [0.2, 0.25) is 0 Å². The number of amides is 1. The Morgan fingerprint density at radius 2 is 1.73 bits per heavy atom. The van der Waals surface area contributed by atoms with Crippen LogP contribution < -0.4 is 10.9 Å². The molecule has 0 saturated heterocycles. The lowest BCUT2D eigenvalue weighted by Gasteiger charge is -2.12. The van der Waals surface area contributed by atoms with Gasteiger partial charge in [-0.3, -0.25) is 14.2 Å². The molecule has 0 radical (unpaired) electrons. The second kappa shape index (κ2) is 7.88. The van der Waals surface area contributed by atoms with Gasteiger partial charge in [-0.1, -0.05) is 48.0 Å². The lowest BCUT2D eigenvalue weighted by molar-refractivity contribution is 0.103. The number of rotatable bonds is 4. The molecule has 0 spiro atoms. The summed E-state index contributed by atoms with van der Waals surface area (Å²) in [5, 5.41) is 3.55. The molecule has 2 aromatic heterocycles. The number of aryl methyl sites for hydroxylation is 4. The molecule has 2 aromatic carbocycles. The summed E-state index contributed by atoms with van der Waals surface area (Å²) in [7, 11) is 0. The predicted octanol–water partition coefficient (Wildman–Crippen LogP) is 4.99. The lowest BCUT2D eigenvalue weighted by atomic mass is 10.0. The maximum atomic E-state index is 13.1. The van der Waals surface area contributed by atoms with E-state index < -0.39 is 0 Å². The van der Waals surface area contributed by atoms with E-state index in [0.29, 0.717) is 27.2 Å². The molecule has 0 atom stereocenters. The quantitative estimate of drug-likeness (QED) is 0.509. The Kier molecular flexibility index (Phi) is 5.26. The monoisotopic (exact) mass is 417 g/mol. The topological polar surface area (TPSA) is 64.0 Å². The van der Waals surface area contributed by atoms with E-state index in [1.165, 1.54) is 11.3 Å². The summed E-state index contributed by atoms with van der Waals surface area (Å²) in [5.41, 5.74) is 5.58. The molecule has 152 valence electrons. The van der Waals surface area contributed by atoms with Gasteiger partial charge in [-0.15, -0.1) is 11.3 Å². The average molecular weight is 418 g/mol. The van der Waals surface area contributed by atoms with Crippen LogP contribution in [0.1, 0.15) is 37.5 Å². The van der Waals surface area contributed by atoms with Crippen molar-refractivity contribution in [3.05, 3.63) is 91.8 Å². The summed E-state index contributed by atoms with van der Waals surface area (Å²) >= 11 is 1.26. The number of anilines is 1. The normalized spacial score (nSPS) is 11.1. The highest BCUT2D eigenvalue weighted by atomic mass is 32.1. The standard InChI is InChI=1S/C24H23N3O2S/c1-14-10-15(2)20(16(3)11-14)26-22(28)21-17(4)19-23(30-21)25-13-27(24(19)29)12-18-8-6-5-7-9-18/h5-11,13H,12H2,1-4H3,(H,26,28). The molecule has 0 unspecified atom stereocenters. The van der Waals surface area contributed by atoms with E-state index in [1.807, 2.05) is 70.2 Å². The number of benzene rings is 2. The molecule has 5 nitrogen and oxygen atoms in total. The van der Waals surface area contributed by atoms with Gasteiger partial charge in [0.05, 0.1) is 23.1 Å². The lowest BCUT2D eigenvalue weighted by Crippen LogP contribution is -2.21. The van der Waals surface area contributed by atoms with Crippen molar-refractivity contribution in [2.45, 2.75) is 34.2 Å². The molecule has 4 rings (SSSR count). The van der Waals surface area contributed by atoms with Gasteiger partial charge in [0.1, 0.15) is 4.83 Å². The first-order valence-corrected chi connectivity index (χ1v) is 10.6. The first kappa shape index (κ1) is 20.0. The number of fused-ring (bicyclic) bond motifs is 1. The number of aromatic nitrogens is 2. The summed E-state index contributed by atoms with van der Waals surface area (Å²) < 4.78 is 1.59. The fourth-order valence-corrected chi connectivity index (χ4v) is 4.85. The first-order chi connectivity index (χ1) is 14.3. The highest BCUT2D eigenvalue weighted by Crippen LogP contribution is 2.29. The molecule has 0 bridgehead atoms. The zero-order valence-corrected chi connectivity index (χ0v) is 18.3. The van der Waals surface area contributed by atoms with Gasteiger partial charge >= 0.3 is 0 Å². The van der Waals surface area contributed by atoms with E-state index in [1.54, 1.807) is 10.9 Å². The Hall–Kier alpha value is -3.25. The van der Waals surface area contributed by atoms with Crippen molar-refractivity contribution >= 4 is 33.1 Å². The van der Waals surface area contributed by atoms with Crippen LogP contribution in [-0.4, -0.2) is 15.5 Å². The van der Waals surface area contributed by atoms with Crippen LogP contribution in [-0.2, 0) is 6.54 Å². The summed E-state index contributed by atoms with van der Waals surface area (Å²) in [6.45, 7) is 8.27. The van der Waals surface area contributed by atoms with Crippen molar-refractivity contribution in [2.75, 3.05) is 5.32 Å². The largest absolute Gasteiger partial charge is 0.321 e. The van der Waals surface area contributed by atoms with Crippen molar-refractivity contribution in [2.24, 2.45) is 0 Å². The van der Waals surface area contributed by atoms with E-state index in [-0.39, 0.29) is 11.5 Å². The van der Waals surface area contributed by atoms with Crippen molar-refractivity contribution in [3.8, 4) is 0 Å². The molecule has 0 aliphatic heterocycles. The summed E-state index contributed by atoms with van der Waals surface area (Å²) in [4.78, 5) is 31.7. The fourth-order valence-electron chi connectivity index (χ4n) is 3.82.